The number of aliphatic hydroxyl groups excluding tert-OH is 1. The van der Waals surface area contributed by atoms with E-state index in [1.807, 2.05) is 24.6 Å². The van der Waals surface area contributed by atoms with Crippen LogP contribution in [0.25, 0.3) is 0 Å². The quantitative estimate of drug-likeness (QED) is 0.683. The number of thioether (sulfide) groups is 1. The number of hydrogen-bond acceptors (Lipinski definition) is 4. The lowest BCUT2D eigenvalue weighted by Gasteiger charge is -2.40. The van der Waals surface area contributed by atoms with Gasteiger partial charge in [0.25, 0.3) is 0 Å². The first-order valence-corrected chi connectivity index (χ1v) is 8.18. The fraction of sp³-hybridized carbons (Fsp3) is 0.467. The Balaban J connectivity index is 2.56. The topological polar surface area (TPSA) is 33.1 Å². The molecule has 0 radical (unpaired) electrons. The second-order valence-corrected chi connectivity index (χ2v) is 6.24. The molecule has 0 aliphatic heterocycles. The van der Waals surface area contributed by atoms with Gasteiger partial charge in [-0.05, 0) is 37.1 Å². The highest BCUT2D eigenvalue weighted by Crippen LogP contribution is 2.46. The smallest absolute Gasteiger partial charge is 0.0623 e. The monoisotopic (exact) mass is 293 g/mol. The van der Waals surface area contributed by atoms with Crippen molar-refractivity contribution in [3.63, 3.8) is 0 Å². The molecule has 19 heavy (non-hydrogen) atoms. The van der Waals surface area contributed by atoms with Crippen molar-refractivity contribution in [2.75, 3.05) is 12.9 Å². The molecule has 0 bridgehead atoms. The summed E-state index contributed by atoms with van der Waals surface area (Å²) in [6.07, 6.45) is 12.0. The van der Waals surface area contributed by atoms with Crippen LogP contribution < -0.4 is 0 Å². The van der Waals surface area contributed by atoms with Crippen LogP contribution in [0.3, 0.4) is 0 Å². The molecule has 1 aliphatic rings. The molecule has 1 fully saturated rings. The first-order valence-electron chi connectivity index (χ1n) is 6.55. The Morgan fingerprint density at radius 3 is 3.05 bits per heavy atom. The van der Waals surface area contributed by atoms with E-state index in [-0.39, 0.29) is 12.0 Å². The van der Waals surface area contributed by atoms with Crippen LogP contribution in [0.1, 0.15) is 31.2 Å². The van der Waals surface area contributed by atoms with Crippen LogP contribution in [0.2, 0.25) is 0 Å². The lowest BCUT2D eigenvalue weighted by Crippen LogP contribution is -2.38. The van der Waals surface area contributed by atoms with E-state index in [1.165, 1.54) is 18.4 Å². The van der Waals surface area contributed by atoms with E-state index in [4.69, 9.17) is 12.2 Å². The van der Waals surface area contributed by atoms with E-state index >= 15 is 0 Å². The first-order chi connectivity index (χ1) is 9.25. The molecule has 2 rings (SSSR count). The van der Waals surface area contributed by atoms with Crippen molar-refractivity contribution in [3.8, 4) is 0 Å². The molecule has 0 saturated heterocycles. The molecule has 102 valence electrons. The van der Waals surface area contributed by atoms with Gasteiger partial charge in [-0.15, -0.1) is 11.8 Å². The van der Waals surface area contributed by atoms with Crippen LogP contribution >= 0.6 is 24.0 Å². The van der Waals surface area contributed by atoms with Gasteiger partial charge < -0.3 is 5.11 Å². The van der Waals surface area contributed by atoms with Gasteiger partial charge in [-0.1, -0.05) is 36.4 Å². The summed E-state index contributed by atoms with van der Waals surface area (Å²) >= 11 is 7.31. The number of thiocarbonyl (C=S) groups is 1. The van der Waals surface area contributed by atoms with Crippen molar-refractivity contribution in [2.45, 2.75) is 31.1 Å². The van der Waals surface area contributed by atoms with Gasteiger partial charge >= 0.3 is 0 Å². The van der Waals surface area contributed by atoms with Crippen molar-refractivity contribution in [1.29, 1.82) is 0 Å². The molecular weight excluding hydrogens is 274 g/mol. The molecule has 1 atom stereocenters. The number of rotatable bonds is 3. The molecule has 1 aromatic rings. The Morgan fingerprint density at radius 2 is 2.42 bits per heavy atom. The normalized spacial score (nSPS) is 25.5. The number of allylic oxidation sites excluding steroid dienone is 1. The van der Waals surface area contributed by atoms with Crippen LogP contribution in [-0.4, -0.2) is 27.1 Å². The fourth-order valence-electron chi connectivity index (χ4n) is 2.94. The average Bonchev–Trinajstić information content (AvgIpc) is 2.48. The molecule has 2 nitrogen and oxygen atoms in total. The predicted molar refractivity (Wildman–Crippen MR) is 85.7 cm³/mol. The zero-order valence-corrected chi connectivity index (χ0v) is 12.8. The molecule has 0 amide bonds. The standard InChI is InChI=1S/C15H19NOS2/c1-19-14(18)15(13-6-4-9-16-11-13)8-3-2-5-12(15)7-10-17/h4,6-7,9,11,17H,2-3,5,8,10H2,1H3/b12-7+. The minimum absolute atomic E-state index is 0.0777. The largest absolute Gasteiger partial charge is 0.392 e. The summed E-state index contributed by atoms with van der Waals surface area (Å²) < 4.78 is 0.986. The van der Waals surface area contributed by atoms with E-state index < -0.39 is 0 Å². The summed E-state index contributed by atoms with van der Waals surface area (Å²) in [4.78, 5) is 4.26. The van der Waals surface area contributed by atoms with E-state index in [2.05, 4.69) is 11.1 Å². The molecule has 1 N–H and O–H groups in total. The first kappa shape index (κ1) is 14.7. The fourth-order valence-corrected chi connectivity index (χ4v) is 3.99. The molecular formula is C15H19NOS2. The van der Waals surface area contributed by atoms with Crippen molar-refractivity contribution in [2.24, 2.45) is 0 Å². The second-order valence-electron chi connectivity index (χ2n) is 4.76. The van der Waals surface area contributed by atoms with Crippen molar-refractivity contribution in [1.82, 2.24) is 4.98 Å². The lowest BCUT2D eigenvalue weighted by atomic mass is 9.67. The van der Waals surface area contributed by atoms with Gasteiger partial charge in [-0.2, -0.15) is 0 Å². The number of aliphatic hydroxyl groups is 1. The van der Waals surface area contributed by atoms with Gasteiger partial charge in [0.15, 0.2) is 0 Å². The van der Waals surface area contributed by atoms with E-state index in [0.29, 0.717) is 0 Å². The zero-order chi connectivity index (χ0) is 13.7. The van der Waals surface area contributed by atoms with E-state index in [1.54, 1.807) is 18.0 Å². The minimum Gasteiger partial charge on any atom is -0.392 e. The Morgan fingerprint density at radius 1 is 1.58 bits per heavy atom. The number of pyridine rings is 1. The Labute approximate surface area is 124 Å². The van der Waals surface area contributed by atoms with Crippen LogP contribution in [0.5, 0.6) is 0 Å². The number of hydrogen-bond donors (Lipinski definition) is 1. The molecule has 1 heterocycles. The molecule has 1 aromatic heterocycles. The van der Waals surface area contributed by atoms with Crippen LogP contribution in [0, 0.1) is 0 Å². The highest BCUT2D eigenvalue weighted by atomic mass is 32.2. The van der Waals surface area contributed by atoms with Gasteiger partial charge in [0, 0.05) is 12.4 Å². The molecule has 1 saturated carbocycles. The van der Waals surface area contributed by atoms with E-state index in [9.17, 15) is 5.11 Å². The third kappa shape index (κ3) is 2.76. The van der Waals surface area contributed by atoms with Crippen molar-refractivity contribution < 1.29 is 5.11 Å². The summed E-state index contributed by atoms with van der Waals surface area (Å²) in [7, 11) is 0. The molecule has 1 aliphatic carbocycles. The van der Waals surface area contributed by atoms with Crippen LogP contribution in [0.4, 0.5) is 0 Å². The average molecular weight is 293 g/mol. The predicted octanol–water partition coefficient (Wildman–Crippen LogP) is 3.50. The summed E-state index contributed by atoms with van der Waals surface area (Å²) in [5.41, 5.74) is 2.20. The maximum atomic E-state index is 9.31. The molecule has 4 heteroatoms. The molecule has 1 unspecified atom stereocenters. The Bertz CT molecular complexity index is 472. The van der Waals surface area contributed by atoms with Gasteiger partial charge in [-0.3, -0.25) is 4.98 Å². The molecule has 0 spiro atoms. The zero-order valence-electron chi connectivity index (χ0n) is 11.1. The van der Waals surface area contributed by atoms with Gasteiger partial charge in [0.1, 0.15) is 0 Å². The summed E-state index contributed by atoms with van der Waals surface area (Å²) in [6.45, 7) is 0.0777. The second kappa shape index (κ2) is 6.64. The number of nitrogens with zero attached hydrogens (tertiary/aromatic N) is 1. The van der Waals surface area contributed by atoms with Gasteiger partial charge in [-0.25, -0.2) is 0 Å². The molecule has 0 aromatic carbocycles. The third-order valence-corrected chi connectivity index (χ3v) is 5.39. The summed E-state index contributed by atoms with van der Waals surface area (Å²) in [5, 5.41) is 9.31. The highest BCUT2D eigenvalue weighted by Gasteiger charge is 2.41. The Hall–Kier alpha value is -0.710. The van der Waals surface area contributed by atoms with Gasteiger partial charge in [0.05, 0.1) is 16.2 Å². The summed E-state index contributed by atoms with van der Waals surface area (Å²) in [6, 6.07) is 4.07. The number of aromatic nitrogens is 1. The van der Waals surface area contributed by atoms with Crippen LogP contribution in [0.15, 0.2) is 36.2 Å². The summed E-state index contributed by atoms with van der Waals surface area (Å²) in [5.74, 6) is 0. The lowest BCUT2D eigenvalue weighted by molar-refractivity contribution is 0.338. The highest BCUT2D eigenvalue weighted by molar-refractivity contribution is 8.22. The van der Waals surface area contributed by atoms with Crippen LogP contribution in [-0.2, 0) is 5.41 Å². The third-order valence-electron chi connectivity index (χ3n) is 3.82. The van der Waals surface area contributed by atoms with Gasteiger partial charge in [0.2, 0.25) is 0 Å². The SMILES string of the molecule is CSC(=S)C1(c2cccnc2)CCCC/C1=C\CO. The Kier molecular flexibility index (Phi) is 5.13. The van der Waals surface area contributed by atoms with E-state index in [0.717, 1.165) is 22.6 Å². The minimum atomic E-state index is -0.218. The van der Waals surface area contributed by atoms with Crippen molar-refractivity contribution >= 4 is 28.2 Å². The van der Waals surface area contributed by atoms with Crippen molar-refractivity contribution in [3.05, 3.63) is 41.7 Å². The maximum Gasteiger partial charge on any atom is 0.0623 e. The maximum absolute atomic E-state index is 9.31.